The first-order valence-electron chi connectivity index (χ1n) is 4.64. The Hall–Kier alpha value is -1.50. The molecule has 0 spiro atoms. The summed E-state index contributed by atoms with van der Waals surface area (Å²) in [5.74, 6) is 0. The number of hydrogen-bond donors (Lipinski definition) is 5. The molecular formula is C8H17N3O4. The Bertz CT molecular complexity index is 222. The van der Waals surface area contributed by atoms with Crippen molar-refractivity contribution in [2.75, 3.05) is 6.54 Å². The van der Waals surface area contributed by atoms with E-state index in [1.807, 2.05) is 0 Å². The van der Waals surface area contributed by atoms with Gasteiger partial charge in [0, 0.05) is 18.6 Å². The van der Waals surface area contributed by atoms with E-state index in [0.29, 0.717) is 12.8 Å². The molecule has 7 heteroatoms. The van der Waals surface area contributed by atoms with Gasteiger partial charge in [0.1, 0.15) is 0 Å². The molecule has 0 aliphatic heterocycles. The summed E-state index contributed by atoms with van der Waals surface area (Å²) in [4.78, 5) is 20.6. The standard InChI is InChI=1S/C8H17N3O4/c1-5(10-7(12)13)2-3-6(4-9)11-8(14)15/h5-6,10-11H,2-4,9H2,1H3,(H,12,13)(H,14,15)/t5?,6-/m0/s1. The van der Waals surface area contributed by atoms with E-state index in [4.69, 9.17) is 15.9 Å². The van der Waals surface area contributed by atoms with Crippen molar-refractivity contribution >= 4 is 12.2 Å². The van der Waals surface area contributed by atoms with E-state index in [1.165, 1.54) is 0 Å². The Balaban J connectivity index is 3.79. The number of hydrogen-bond acceptors (Lipinski definition) is 3. The SMILES string of the molecule is CC(CC[C@@H](CN)NC(=O)O)NC(=O)O. The fraction of sp³-hybridized carbons (Fsp3) is 0.750. The third-order valence-corrected chi connectivity index (χ3v) is 1.93. The van der Waals surface area contributed by atoms with Crippen LogP contribution >= 0.6 is 0 Å². The summed E-state index contributed by atoms with van der Waals surface area (Å²) in [7, 11) is 0. The van der Waals surface area contributed by atoms with Crippen LogP contribution in [0.3, 0.4) is 0 Å². The minimum Gasteiger partial charge on any atom is -0.465 e. The molecule has 0 fully saturated rings. The van der Waals surface area contributed by atoms with E-state index in [2.05, 4.69) is 10.6 Å². The molecule has 0 aromatic rings. The second-order valence-electron chi connectivity index (χ2n) is 3.31. The summed E-state index contributed by atoms with van der Waals surface area (Å²) in [6.45, 7) is 1.91. The predicted molar refractivity (Wildman–Crippen MR) is 53.9 cm³/mol. The van der Waals surface area contributed by atoms with Gasteiger partial charge in [0.2, 0.25) is 0 Å². The first-order valence-corrected chi connectivity index (χ1v) is 4.64. The number of nitrogens with two attached hydrogens (primary N) is 1. The molecule has 0 saturated heterocycles. The zero-order valence-electron chi connectivity index (χ0n) is 8.56. The Morgan fingerprint density at radius 1 is 1.20 bits per heavy atom. The number of carbonyl (C=O) groups is 2. The minimum absolute atomic E-state index is 0.200. The van der Waals surface area contributed by atoms with Crippen molar-refractivity contribution in [2.24, 2.45) is 5.73 Å². The van der Waals surface area contributed by atoms with E-state index in [1.54, 1.807) is 6.92 Å². The predicted octanol–water partition coefficient (Wildman–Crippen LogP) is 0.0176. The minimum atomic E-state index is -1.12. The zero-order valence-corrected chi connectivity index (χ0v) is 8.56. The summed E-state index contributed by atoms with van der Waals surface area (Å²) in [5.41, 5.74) is 5.35. The van der Waals surface area contributed by atoms with Gasteiger partial charge in [-0.3, -0.25) is 0 Å². The molecule has 0 radical (unpaired) electrons. The van der Waals surface area contributed by atoms with E-state index >= 15 is 0 Å². The van der Waals surface area contributed by atoms with Crippen LogP contribution in [0, 0.1) is 0 Å². The van der Waals surface area contributed by atoms with Gasteiger partial charge in [-0.15, -0.1) is 0 Å². The zero-order chi connectivity index (χ0) is 11.8. The van der Waals surface area contributed by atoms with Crippen molar-refractivity contribution in [3.8, 4) is 0 Å². The van der Waals surface area contributed by atoms with Gasteiger partial charge in [-0.1, -0.05) is 0 Å². The van der Waals surface area contributed by atoms with Gasteiger partial charge < -0.3 is 26.6 Å². The maximum Gasteiger partial charge on any atom is 0.404 e. The van der Waals surface area contributed by atoms with Crippen molar-refractivity contribution in [2.45, 2.75) is 31.8 Å². The third kappa shape index (κ3) is 7.56. The molecule has 7 nitrogen and oxygen atoms in total. The highest BCUT2D eigenvalue weighted by atomic mass is 16.4. The van der Waals surface area contributed by atoms with Gasteiger partial charge in [0.15, 0.2) is 0 Å². The molecule has 15 heavy (non-hydrogen) atoms. The fourth-order valence-corrected chi connectivity index (χ4v) is 1.16. The molecule has 0 rings (SSSR count). The second kappa shape index (κ2) is 6.88. The topological polar surface area (TPSA) is 125 Å². The highest BCUT2D eigenvalue weighted by Crippen LogP contribution is 2.00. The molecule has 0 saturated carbocycles. The average molecular weight is 219 g/mol. The third-order valence-electron chi connectivity index (χ3n) is 1.93. The Labute approximate surface area is 87.6 Å². The summed E-state index contributed by atoms with van der Waals surface area (Å²) in [6, 6.07) is -0.548. The highest BCUT2D eigenvalue weighted by Gasteiger charge is 2.12. The van der Waals surface area contributed by atoms with E-state index < -0.39 is 12.2 Å². The largest absolute Gasteiger partial charge is 0.465 e. The lowest BCUT2D eigenvalue weighted by atomic mass is 10.1. The van der Waals surface area contributed by atoms with Crippen molar-refractivity contribution in [3.05, 3.63) is 0 Å². The van der Waals surface area contributed by atoms with Gasteiger partial charge in [0.25, 0.3) is 0 Å². The molecule has 0 heterocycles. The number of carboxylic acid groups (broad SMARTS) is 2. The molecule has 0 aromatic carbocycles. The monoisotopic (exact) mass is 219 g/mol. The smallest absolute Gasteiger partial charge is 0.404 e. The maximum atomic E-state index is 10.3. The van der Waals surface area contributed by atoms with Crippen LogP contribution in [-0.4, -0.2) is 41.0 Å². The average Bonchev–Trinajstić information content (AvgIpc) is 2.10. The van der Waals surface area contributed by atoms with Gasteiger partial charge in [-0.2, -0.15) is 0 Å². The second-order valence-corrected chi connectivity index (χ2v) is 3.31. The maximum absolute atomic E-state index is 10.3. The molecule has 2 atom stereocenters. The number of amides is 2. The molecule has 0 bridgehead atoms. The lowest BCUT2D eigenvalue weighted by Gasteiger charge is -2.17. The lowest BCUT2D eigenvalue weighted by molar-refractivity contribution is 0.185. The lowest BCUT2D eigenvalue weighted by Crippen LogP contribution is -2.41. The van der Waals surface area contributed by atoms with Crippen molar-refractivity contribution in [1.82, 2.24) is 10.6 Å². The first kappa shape index (κ1) is 13.5. The van der Waals surface area contributed by atoms with Crippen LogP contribution < -0.4 is 16.4 Å². The van der Waals surface area contributed by atoms with E-state index in [9.17, 15) is 9.59 Å². The number of rotatable bonds is 6. The van der Waals surface area contributed by atoms with Gasteiger partial charge in [0.05, 0.1) is 0 Å². The van der Waals surface area contributed by atoms with Gasteiger partial charge in [-0.25, -0.2) is 9.59 Å². The summed E-state index contributed by atoms with van der Waals surface area (Å²) in [6.07, 6.45) is -1.17. The van der Waals surface area contributed by atoms with Crippen LogP contribution in [-0.2, 0) is 0 Å². The highest BCUT2D eigenvalue weighted by molar-refractivity contribution is 5.65. The van der Waals surface area contributed by atoms with Crippen LogP contribution in [0.4, 0.5) is 9.59 Å². The van der Waals surface area contributed by atoms with Crippen molar-refractivity contribution in [3.63, 3.8) is 0 Å². The molecule has 1 unspecified atom stereocenters. The molecule has 88 valence electrons. The normalized spacial score (nSPS) is 14.0. The van der Waals surface area contributed by atoms with E-state index in [-0.39, 0.29) is 18.6 Å². The first-order chi connectivity index (χ1) is 6.95. The van der Waals surface area contributed by atoms with Crippen molar-refractivity contribution < 1.29 is 19.8 Å². The van der Waals surface area contributed by atoms with E-state index in [0.717, 1.165) is 0 Å². The van der Waals surface area contributed by atoms with Crippen LogP contribution in [0.15, 0.2) is 0 Å². The van der Waals surface area contributed by atoms with Crippen LogP contribution in [0.5, 0.6) is 0 Å². The van der Waals surface area contributed by atoms with Crippen molar-refractivity contribution in [1.29, 1.82) is 0 Å². The van der Waals surface area contributed by atoms with Crippen LogP contribution in [0.1, 0.15) is 19.8 Å². The molecule has 6 N–H and O–H groups in total. The molecular weight excluding hydrogens is 202 g/mol. The fourth-order valence-electron chi connectivity index (χ4n) is 1.16. The Morgan fingerprint density at radius 3 is 2.13 bits per heavy atom. The van der Waals surface area contributed by atoms with Crippen LogP contribution in [0.2, 0.25) is 0 Å². The van der Waals surface area contributed by atoms with Gasteiger partial charge in [-0.05, 0) is 19.8 Å². The summed E-state index contributed by atoms with van der Waals surface area (Å²) >= 11 is 0. The quantitative estimate of drug-likeness (QED) is 0.430. The Kier molecular flexibility index (Phi) is 6.19. The number of nitrogens with one attached hydrogen (secondary N) is 2. The summed E-state index contributed by atoms with van der Waals surface area (Å²) in [5, 5.41) is 21.4. The van der Waals surface area contributed by atoms with Gasteiger partial charge >= 0.3 is 12.2 Å². The molecule has 0 aromatic heterocycles. The summed E-state index contributed by atoms with van der Waals surface area (Å²) < 4.78 is 0. The van der Waals surface area contributed by atoms with Crippen LogP contribution in [0.25, 0.3) is 0 Å². The molecule has 2 amide bonds. The molecule has 0 aliphatic carbocycles. The Morgan fingerprint density at radius 2 is 1.73 bits per heavy atom. The molecule has 0 aliphatic rings.